The maximum absolute atomic E-state index is 5.53. The van der Waals surface area contributed by atoms with Crippen molar-refractivity contribution < 1.29 is 4.74 Å². The lowest BCUT2D eigenvalue weighted by molar-refractivity contribution is 0.111. The topological polar surface area (TPSA) is 21.3 Å². The molecule has 0 aliphatic rings. The van der Waals surface area contributed by atoms with Gasteiger partial charge in [0.05, 0.1) is 6.61 Å². The first-order valence-electron chi connectivity index (χ1n) is 6.59. The van der Waals surface area contributed by atoms with Crippen LogP contribution in [-0.4, -0.2) is 19.8 Å². The Morgan fingerprint density at radius 3 is 2.53 bits per heavy atom. The molecule has 96 valence electrons. The minimum atomic E-state index is 0.621. The Hall–Kier alpha value is -0.860. The van der Waals surface area contributed by atoms with Gasteiger partial charge in [-0.05, 0) is 23.5 Å². The third kappa shape index (κ3) is 5.85. The van der Waals surface area contributed by atoms with Gasteiger partial charge < -0.3 is 10.1 Å². The molecule has 2 heteroatoms. The SMILES string of the molecule is CCc1ccccc1CNCCOCC(C)C. The van der Waals surface area contributed by atoms with E-state index in [1.807, 2.05) is 0 Å². The summed E-state index contributed by atoms with van der Waals surface area (Å²) in [4.78, 5) is 0. The Kier molecular flexibility index (Phi) is 6.90. The summed E-state index contributed by atoms with van der Waals surface area (Å²) in [7, 11) is 0. The summed E-state index contributed by atoms with van der Waals surface area (Å²) in [5.74, 6) is 0.621. The van der Waals surface area contributed by atoms with Crippen LogP contribution in [0.5, 0.6) is 0 Å². The highest BCUT2D eigenvalue weighted by Gasteiger charge is 1.99. The van der Waals surface area contributed by atoms with E-state index in [1.54, 1.807) is 0 Å². The second kappa shape index (κ2) is 8.26. The van der Waals surface area contributed by atoms with Gasteiger partial charge in [-0.2, -0.15) is 0 Å². The lowest BCUT2D eigenvalue weighted by Crippen LogP contribution is -2.20. The van der Waals surface area contributed by atoms with E-state index in [-0.39, 0.29) is 0 Å². The number of nitrogens with one attached hydrogen (secondary N) is 1. The van der Waals surface area contributed by atoms with Gasteiger partial charge in [-0.15, -0.1) is 0 Å². The molecule has 0 aliphatic carbocycles. The molecule has 2 nitrogen and oxygen atoms in total. The predicted molar refractivity (Wildman–Crippen MR) is 73.2 cm³/mol. The highest BCUT2D eigenvalue weighted by Crippen LogP contribution is 2.08. The molecule has 0 saturated carbocycles. The molecule has 0 aromatic heterocycles. The van der Waals surface area contributed by atoms with Crippen LogP contribution in [-0.2, 0) is 17.7 Å². The van der Waals surface area contributed by atoms with E-state index < -0.39 is 0 Å². The Labute approximate surface area is 105 Å². The van der Waals surface area contributed by atoms with Crippen LogP contribution in [0.3, 0.4) is 0 Å². The van der Waals surface area contributed by atoms with Gasteiger partial charge in [0, 0.05) is 19.7 Å². The number of ether oxygens (including phenoxy) is 1. The molecule has 1 aromatic carbocycles. The van der Waals surface area contributed by atoms with Crippen molar-refractivity contribution in [2.45, 2.75) is 33.7 Å². The first kappa shape index (κ1) is 14.2. The highest BCUT2D eigenvalue weighted by atomic mass is 16.5. The van der Waals surface area contributed by atoms with E-state index in [2.05, 4.69) is 50.4 Å². The zero-order valence-corrected chi connectivity index (χ0v) is 11.3. The van der Waals surface area contributed by atoms with Crippen molar-refractivity contribution in [3.05, 3.63) is 35.4 Å². The fourth-order valence-corrected chi connectivity index (χ4v) is 1.76. The highest BCUT2D eigenvalue weighted by molar-refractivity contribution is 5.26. The molecule has 1 N–H and O–H groups in total. The summed E-state index contributed by atoms with van der Waals surface area (Å²) < 4.78 is 5.53. The van der Waals surface area contributed by atoms with Crippen molar-refractivity contribution in [1.29, 1.82) is 0 Å². The van der Waals surface area contributed by atoms with Gasteiger partial charge in [0.1, 0.15) is 0 Å². The molecular weight excluding hydrogens is 210 g/mol. The number of hydrogen-bond donors (Lipinski definition) is 1. The van der Waals surface area contributed by atoms with Crippen LogP contribution in [0.4, 0.5) is 0 Å². The maximum Gasteiger partial charge on any atom is 0.0591 e. The number of benzene rings is 1. The molecule has 0 radical (unpaired) electrons. The lowest BCUT2D eigenvalue weighted by Gasteiger charge is -2.10. The molecule has 0 atom stereocenters. The van der Waals surface area contributed by atoms with E-state index in [4.69, 9.17) is 4.74 Å². The Morgan fingerprint density at radius 2 is 1.88 bits per heavy atom. The van der Waals surface area contributed by atoms with Gasteiger partial charge in [-0.25, -0.2) is 0 Å². The van der Waals surface area contributed by atoms with Crippen molar-refractivity contribution in [1.82, 2.24) is 5.32 Å². The minimum Gasteiger partial charge on any atom is -0.380 e. The van der Waals surface area contributed by atoms with E-state index in [0.29, 0.717) is 5.92 Å². The van der Waals surface area contributed by atoms with Gasteiger partial charge in [-0.1, -0.05) is 45.0 Å². The van der Waals surface area contributed by atoms with Crippen LogP contribution in [0, 0.1) is 5.92 Å². The van der Waals surface area contributed by atoms with Crippen molar-refractivity contribution in [3.8, 4) is 0 Å². The van der Waals surface area contributed by atoms with Gasteiger partial charge >= 0.3 is 0 Å². The molecule has 0 unspecified atom stereocenters. The second-order valence-electron chi connectivity index (χ2n) is 4.77. The summed E-state index contributed by atoms with van der Waals surface area (Å²) in [6.07, 6.45) is 1.10. The quantitative estimate of drug-likeness (QED) is 0.699. The summed E-state index contributed by atoms with van der Waals surface area (Å²) in [6, 6.07) is 8.60. The number of rotatable bonds is 8. The van der Waals surface area contributed by atoms with Gasteiger partial charge in [0.2, 0.25) is 0 Å². The lowest BCUT2D eigenvalue weighted by atomic mass is 10.1. The van der Waals surface area contributed by atoms with Crippen LogP contribution in [0.25, 0.3) is 0 Å². The maximum atomic E-state index is 5.53. The molecule has 17 heavy (non-hydrogen) atoms. The molecule has 0 spiro atoms. The fraction of sp³-hybridized carbons (Fsp3) is 0.600. The monoisotopic (exact) mass is 235 g/mol. The van der Waals surface area contributed by atoms with Gasteiger partial charge in [0.25, 0.3) is 0 Å². The fourth-order valence-electron chi connectivity index (χ4n) is 1.76. The van der Waals surface area contributed by atoms with E-state index in [0.717, 1.165) is 32.7 Å². The normalized spacial score (nSPS) is 11.1. The molecule has 0 bridgehead atoms. The Balaban J connectivity index is 2.17. The average Bonchev–Trinajstić information content (AvgIpc) is 2.33. The van der Waals surface area contributed by atoms with Crippen molar-refractivity contribution in [2.24, 2.45) is 5.92 Å². The van der Waals surface area contributed by atoms with Crippen LogP contribution >= 0.6 is 0 Å². The number of hydrogen-bond acceptors (Lipinski definition) is 2. The smallest absolute Gasteiger partial charge is 0.0591 e. The molecule has 1 rings (SSSR count). The molecular formula is C15H25NO. The van der Waals surface area contributed by atoms with Crippen molar-refractivity contribution >= 4 is 0 Å². The molecule has 0 amide bonds. The number of aryl methyl sites for hydroxylation is 1. The van der Waals surface area contributed by atoms with Crippen LogP contribution in [0.2, 0.25) is 0 Å². The van der Waals surface area contributed by atoms with Crippen LogP contribution in [0.15, 0.2) is 24.3 Å². The molecule has 1 aromatic rings. The third-order valence-electron chi connectivity index (χ3n) is 2.69. The summed E-state index contributed by atoms with van der Waals surface area (Å²) in [6.45, 7) is 10.1. The second-order valence-corrected chi connectivity index (χ2v) is 4.77. The third-order valence-corrected chi connectivity index (χ3v) is 2.69. The summed E-state index contributed by atoms with van der Waals surface area (Å²) >= 11 is 0. The zero-order valence-electron chi connectivity index (χ0n) is 11.3. The average molecular weight is 235 g/mol. The van der Waals surface area contributed by atoms with Crippen LogP contribution in [0.1, 0.15) is 31.9 Å². The molecule has 0 heterocycles. The van der Waals surface area contributed by atoms with Crippen molar-refractivity contribution in [2.75, 3.05) is 19.8 Å². The van der Waals surface area contributed by atoms with Gasteiger partial charge in [-0.3, -0.25) is 0 Å². The van der Waals surface area contributed by atoms with Crippen LogP contribution < -0.4 is 5.32 Å². The summed E-state index contributed by atoms with van der Waals surface area (Å²) in [5.41, 5.74) is 2.84. The molecule has 0 saturated heterocycles. The Bertz CT molecular complexity index is 310. The summed E-state index contributed by atoms with van der Waals surface area (Å²) in [5, 5.41) is 3.43. The standard InChI is InChI=1S/C15H25NO/c1-4-14-7-5-6-8-15(14)11-16-9-10-17-12-13(2)3/h5-8,13,16H,4,9-12H2,1-3H3. The Morgan fingerprint density at radius 1 is 1.18 bits per heavy atom. The van der Waals surface area contributed by atoms with E-state index in [1.165, 1.54) is 11.1 Å². The zero-order chi connectivity index (χ0) is 12.5. The predicted octanol–water partition coefficient (Wildman–Crippen LogP) is 3.01. The van der Waals surface area contributed by atoms with Gasteiger partial charge in [0.15, 0.2) is 0 Å². The van der Waals surface area contributed by atoms with E-state index >= 15 is 0 Å². The minimum absolute atomic E-state index is 0.621. The first-order chi connectivity index (χ1) is 8.24. The molecule has 0 fully saturated rings. The largest absolute Gasteiger partial charge is 0.380 e. The van der Waals surface area contributed by atoms with E-state index in [9.17, 15) is 0 Å². The molecule has 0 aliphatic heterocycles. The first-order valence-corrected chi connectivity index (χ1v) is 6.59. The van der Waals surface area contributed by atoms with Crippen molar-refractivity contribution in [3.63, 3.8) is 0 Å².